The average Bonchev–Trinajstić information content (AvgIpc) is 2.70. The average molecular weight is 394 g/mol. The van der Waals surface area contributed by atoms with Crippen molar-refractivity contribution in [2.45, 2.75) is 39.0 Å². The van der Waals surface area contributed by atoms with Gasteiger partial charge < -0.3 is 9.47 Å². The van der Waals surface area contributed by atoms with Crippen LogP contribution < -0.4 is 4.74 Å². The lowest BCUT2D eigenvalue weighted by molar-refractivity contribution is -0.0522. The highest BCUT2D eigenvalue weighted by molar-refractivity contribution is 5.29. The fourth-order valence-electron chi connectivity index (χ4n) is 3.52. The maximum absolute atomic E-state index is 14.1. The van der Waals surface area contributed by atoms with Gasteiger partial charge in [-0.2, -0.15) is 8.78 Å². The van der Waals surface area contributed by atoms with Gasteiger partial charge in [-0.15, -0.1) is 0 Å². The molecule has 0 amide bonds. The molecule has 2 aromatic rings. The van der Waals surface area contributed by atoms with Crippen molar-refractivity contribution in [3.8, 4) is 5.75 Å². The fourth-order valence-corrected chi connectivity index (χ4v) is 3.52. The fraction of sp³-hybridized carbons (Fsp3) is 0.476. The first kappa shape index (κ1) is 20.6. The molecular weight excluding hydrogens is 369 g/mol. The molecule has 0 spiro atoms. The molecule has 2 heterocycles. The maximum Gasteiger partial charge on any atom is 0.387 e. The molecule has 1 atom stereocenters. The van der Waals surface area contributed by atoms with Crippen LogP contribution in [0.4, 0.5) is 13.2 Å². The molecule has 0 saturated carbocycles. The molecule has 3 rings (SSSR count). The normalized spacial score (nSPS) is 16.5. The van der Waals surface area contributed by atoms with Crippen molar-refractivity contribution in [2.24, 2.45) is 5.92 Å². The Morgan fingerprint density at radius 1 is 1.25 bits per heavy atom. The number of benzene rings is 1. The van der Waals surface area contributed by atoms with E-state index in [9.17, 15) is 13.2 Å². The van der Waals surface area contributed by atoms with Crippen LogP contribution in [-0.4, -0.2) is 36.3 Å². The molecule has 7 heteroatoms. The summed E-state index contributed by atoms with van der Waals surface area (Å²) >= 11 is 0. The number of hydrogen-bond donors (Lipinski definition) is 0. The summed E-state index contributed by atoms with van der Waals surface area (Å²) in [6.45, 7) is 1.91. The van der Waals surface area contributed by atoms with Crippen LogP contribution in [0.25, 0.3) is 0 Å². The van der Waals surface area contributed by atoms with E-state index in [1.165, 1.54) is 12.1 Å². The van der Waals surface area contributed by atoms with E-state index < -0.39 is 18.2 Å². The molecule has 152 valence electrons. The Kier molecular flexibility index (Phi) is 7.28. The topological polar surface area (TPSA) is 34.6 Å². The van der Waals surface area contributed by atoms with Gasteiger partial charge in [-0.25, -0.2) is 4.39 Å². The standard InChI is InChI=1S/C21H25F3N2O2/c1-15(18-3-2-8-25-12-18)26(13-16-6-9-27-10-7-16)14-17-4-5-20(19(22)11-17)28-21(23)24/h2-5,8,11-12,15-16,21H,6-7,9-10,13-14H2,1H3. The van der Waals surface area contributed by atoms with Crippen molar-refractivity contribution in [1.29, 1.82) is 0 Å². The number of rotatable bonds is 8. The molecule has 0 radical (unpaired) electrons. The van der Waals surface area contributed by atoms with Crippen molar-refractivity contribution in [3.05, 3.63) is 59.7 Å². The van der Waals surface area contributed by atoms with Gasteiger partial charge in [0.05, 0.1) is 0 Å². The Morgan fingerprint density at radius 2 is 2.04 bits per heavy atom. The van der Waals surface area contributed by atoms with Crippen LogP contribution in [0.1, 0.15) is 36.9 Å². The zero-order chi connectivity index (χ0) is 19.9. The van der Waals surface area contributed by atoms with Crippen molar-refractivity contribution in [3.63, 3.8) is 0 Å². The zero-order valence-electron chi connectivity index (χ0n) is 15.9. The summed E-state index contributed by atoms with van der Waals surface area (Å²) in [5, 5.41) is 0. The summed E-state index contributed by atoms with van der Waals surface area (Å²) in [5.74, 6) is -0.716. The number of aromatic nitrogens is 1. The second-order valence-corrected chi connectivity index (χ2v) is 7.09. The van der Waals surface area contributed by atoms with E-state index in [0.717, 1.165) is 38.2 Å². The van der Waals surface area contributed by atoms with Crippen molar-refractivity contribution in [1.82, 2.24) is 9.88 Å². The molecule has 0 aliphatic carbocycles. The lowest BCUT2D eigenvalue weighted by atomic mass is 9.97. The minimum absolute atomic E-state index is 0.0802. The van der Waals surface area contributed by atoms with Crippen LogP contribution in [0, 0.1) is 11.7 Å². The van der Waals surface area contributed by atoms with Gasteiger partial charge in [-0.3, -0.25) is 9.88 Å². The molecule has 0 bridgehead atoms. The molecule has 1 aromatic carbocycles. The third kappa shape index (κ3) is 5.69. The molecule has 1 saturated heterocycles. The van der Waals surface area contributed by atoms with Gasteiger partial charge in [0.25, 0.3) is 0 Å². The Morgan fingerprint density at radius 3 is 2.68 bits per heavy atom. The Balaban J connectivity index is 1.77. The summed E-state index contributed by atoms with van der Waals surface area (Å²) in [4.78, 5) is 6.47. The molecular formula is C21H25F3N2O2. The smallest absolute Gasteiger partial charge is 0.387 e. The van der Waals surface area contributed by atoms with Gasteiger partial charge in [0.2, 0.25) is 0 Å². The Labute approximate surface area is 163 Å². The van der Waals surface area contributed by atoms with E-state index in [-0.39, 0.29) is 6.04 Å². The van der Waals surface area contributed by atoms with E-state index in [4.69, 9.17) is 4.74 Å². The molecule has 1 aliphatic heterocycles. The SMILES string of the molecule is CC(c1cccnc1)N(Cc1ccc(OC(F)F)c(F)c1)CC1CCOCC1. The highest BCUT2D eigenvalue weighted by atomic mass is 19.3. The third-order valence-electron chi connectivity index (χ3n) is 5.15. The number of alkyl halides is 2. The van der Waals surface area contributed by atoms with Gasteiger partial charge in [0.15, 0.2) is 11.6 Å². The summed E-state index contributed by atoms with van der Waals surface area (Å²) in [7, 11) is 0. The van der Waals surface area contributed by atoms with Crippen LogP contribution in [-0.2, 0) is 11.3 Å². The van der Waals surface area contributed by atoms with Gasteiger partial charge >= 0.3 is 6.61 Å². The monoisotopic (exact) mass is 394 g/mol. The second-order valence-electron chi connectivity index (χ2n) is 7.09. The summed E-state index contributed by atoms with van der Waals surface area (Å²) in [6.07, 6.45) is 5.55. The summed E-state index contributed by atoms with van der Waals surface area (Å²) in [6, 6.07) is 8.16. The molecule has 1 aromatic heterocycles. The van der Waals surface area contributed by atoms with Crippen LogP contribution >= 0.6 is 0 Å². The second kappa shape index (κ2) is 9.89. The van der Waals surface area contributed by atoms with Crippen LogP contribution in [0.3, 0.4) is 0 Å². The molecule has 0 N–H and O–H groups in total. The van der Waals surface area contributed by atoms with E-state index >= 15 is 0 Å². The van der Waals surface area contributed by atoms with Crippen LogP contribution in [0.15, 0.2) is 42.7 Å². The predicted octanol–water partition coefficient (Wildman–Crippen LogP) is 4.81. The lowest BCUT2D eigenvalue weighted by Crippen LogP contribution is -2.34. The molecule has 1 aliphatic rings. The van der Waals surface area contributed by atoms with Gasteiger partial charge in [-0.05, 0) is 55.0 Å². The van der Waals surface area contributed by atoms with Crippen molar-refractivity contribution < 1.29 is 22.6 Å². The van der Waals surface area contributed by atoms with E-state index in [1.54, 1.807) is 12.3 Å². The van der Waals surface area contributed by atoms with Gasteiger partial charge in [0.1, 0.15) is 0 Å². The maximum atomic E-state index is 14.1. The van der Waals surface area contributed by atoms with Gasteiger partial charge in [-0.1, -0.05) is 12.1 Å². The third-order valence-corrected chi connectivity index (χ3v) is 5.15. The first-order valence-electron chi connectivity index (χ1n) is 9.48. The first-order valence-corrected chi connectivity index (χ1v) is 9.48. The van der Waals surface area contributed by atoms with Gasteiger partial charge in [0, 0.05) is 44.7 Å². The molecule has 4 nitrogen and oxygen atoms in total. The number of hydrogen-bond acceptors (Lipinski definition) is 4. The van der Waals surface area contributed by atoms with Crippen molar-refractivity contribution >= 4 is 0 Å². The molecule has 28 heavy (non-hydrogen) atoms. The number of ether oxygens (including phenoxy) is 2. The highest BCUT2D eigenvalue weighted by Crippen LogP contribution is 2.27. The van der Waals surface area contributed by atoms with Crippen molar-refractivity contribution in [2.75, 3.05) is 19.8 Å². The Bertz CT molecular complexity index is 740. The summed E-state index contributed by atoms with van der Waals surface area (Å²) < 4.78 is 48.5. The highest BCUT2D eigenvalue weighted by Gasteiger charge is 2.23. The minimum Gasteiger partial charge on any atom is -0.432 e. The number of nitrogens with zero attached hydrogens (tertiary/aromatic N) is 2. The first-order chi connectivity index (χ1) is 13.5. The van der Waals surface area contributed by atoms with E-state index in [1.807, 2.05) is 18.3 Å². The predicted molar refractivity (Wildman–Crippen MR) is 99.6 cm³/mol. The van der Waals surface area contributed by atoms with Crippen LogP contribution in [0.2, 0.25) is 0 Å². The molecule has 1 fully saturated rings. The van der Waals surface area contributed by atoms with Crippen LogP contribution in [0.5, 0.6) is 5.75 Å². The van der Waals surface area contributed by atoms with E-state index in [2.05, 4.69) is 21.5 Å². The minimum atomic E-state index is -3.05. The quantitative estimate of drug-likeness (QED) is 0.644. The van der Waals surface area contributed by atoms with E-state index in [0.29, 0.717) is 18.0 Å². The zero-order valence-corrected chi connectivity index (χ0v) is 15.9. The lowest BCUT2D eigenvalue weighted by Gasteiger charge is -2.34. The number of pyridine rings is 1. The molecule has 1 unspecified atom stereocenters. The largest absolute Gasteiger partial charge is 0.432 e. The summed E-state index contributed by atoms with van der Waals surface area (Å²) in [5.41, 5.74) is 1.79. The number of halogens is 3. The Hall–Kier alpha value is -2.12.